The number of hydrogen-bond acceptors (Lipinski definition) is 4. The SMILES string of the molecule is CCc1cccc(C)c1NC(=O)COc1ccc(CO)nc1. The molecule has 0 saturated heterocycles. The van der Waals surface area contributed by atoms with Gasteiger partial charge in [-0.1, -0.05) is 25.1 Å². The first-order chi connectivity index (χ1) is 10.6. The zero-order chi connectivity index (χ0) is 15.9. The number of hydrogen-bond donors (Lipinski definition) is 2. The van der Waals surface area contributed by atoms with E-state index < -0.39 is 0 Å². The van der Waals surface area contributed by atoms with E-state index in [2.05, 4.69) is 17.2 Å². The van der Waals surface area contributed by atoms with Crippen molar-refractivity contribution in [2.45, 2.75) is 26.9 Å². The molecule has 2 aromatic rings. The van der Waals surface area contributed by atoms with E-state index in [1.807, 2.05) is 25.1 Å². The zero-order valence-corrected chi connectivity index (χ0v) is 12.8. The van der Waals surface area contributed by atoms with Gasteiger partial charge in [-0.15, -0.1) is 0 Å². The van der Waals surface area contributed by atoms with Crippen LogP contribution in [0.1, 0.15) is 23.7 Å². The van der Waals surface area contributed by atoms with Gasteiger partial charge in [0.05, 0.1) is 18.5 Å². The topological polar surface area (TPSA) is 71.5 Å². The fourth-order valence-corrected chi connectivity index (χ4v) is 2.12. The highest BCUT2D eigenvalue weighted by Gasteiger charge is 2.09. The Kier molecular flexibility index (Phi) is 5.49. The maximum absolute atomic E-state index is 12.0. The molecule has 0 fully saturated rings. The van der Waals surface area contributed by atoms with Gasteiger partial charge in [0.2, 0.25) is 0 Å². The van der Waals surface area contributed by atoms with Crippen molar-refractivity contribution in [2.75, 3.05) is 11.9 Å². The number of carbonyl (C=O) groups is 1. The number of para-hydroxylation sites is 1. The van der Waals surface area contributed by atoms with Gasteiger partial charge in [0.25, 0.3) is 5.91 Å². The maximum Gasteiger partial charge on any atom is 0.262 e. The second-order valence-corrected chi connectivity index (χ2v) is 4.94. The normalized spacial score (nSPS) is 10.3. The van der Waals surface area contributed by atoms with Gasteiger partial charge in [-0.05, 0) is 36.6 Å². The van der Waals surface area contributed by atoms with E-state index in [0.29, 0.717) is 11.4 Å². The summed E-state index contributed by atoms with van der Waals surface area (Å²) >= 11 is 0. The molecule has 0 aliphatic heterocycles. The number of aromatic nitrogens is 1. The summed E-state index contributed by atoms with van der Waals surface area (Å²) in [6, 6.07) is 9.28. The van der Waals surface area contributed by atoms with E-state index in [0.717, 1.165) is 23.2 Å². The number of nitrogens with one attached hydrogen (secondary N) is 1. The summed E-state index contributed by atoms with van der Waals surface area (Å²) in [6.45, 7) is 3.81. The predicted molar refractivity (Wildman–Crippen MR) is 84.8 cm³/mol. The lowest BCUT2D eigenvalue weighted by molar-refractivity contribution is -0.118. The van der Waals surface area contributed by atoms with Crippen molar-refractivity contribution >= 4 is 11.6 Å². The van der Waals surface area contributed by atoms with E-state index in [1.54, 1.807) is 12.1 Å². The summed E-state index contributed by atoms with van der Waals surface area (Å²) in [4.78, 5) is 16.0. The van der Waals surface area contributed by atoms with Crippen LogP contribution in [-0.2, 0) is 17.8 Å². The summed E-state index contributed by atoms with van der Waals surface area (Å²) in [7, 11) is 0. The Morgan fingerprint density at radius 2 is 2.14 bits per heavy atom. The first-order valence-electron chi connectivity index (χ1n) is 7.21. The van der Waals surface area contributed by atoms with Crippen LogP contribution in [0.15, 0.2) is 36.5 Å². The second kappa shape index (κ2) is 7.56. The number of amides is 1. The molecule has 0 bridgehead atoms. The predicted octanol–water partition coefficient (Wildman–Crippen LogP) is 2.46. The van der Waals surface area contributed by atoms with Crippen molar-refractivity contribution in [1.29, 1.82) is 0 Å². The zero-order valence-electron chi connectivity index (χ0n) is 12.8. The number of aliphatic hydroxyl groups excluding tert-OH is 1. The van der Waals surface area contributed by atoms with Gasteiger partial charge >= 0.3 is 0 Å². The van der Waals surface area contributed by atoms with E-state index in [1.165, 1.54) is 6.20 Å². The number of carbonyl (C=O) groups excluding carboxylic acids is 1. The number of anilines is 1. The molecule has 1 aromatic carbocycles. The summed E-state index contributed by atoms with van der Waals surface area (Å²) in [6.07, 6.45) is 2.34. The van der Waals surface area contributed by atoms with Gasteiger partial charge in [-0.2, -0.15) is 0 Å². The van der Waals surface area contributed by atoms with Crippen molar-refractivity contribution < 1.29 is 14.6 Å². The molecule has 0 saturated carbocycles. The number of pyridine rings is 1. The highest BCUT2D eigenvalue weighted by Crippen LogP contribution is 2.21. The van der Waals surface area contributed by atoms with Crippen molar-refractivity contribution in [3.05, 3.63) is 53.3 Å². The van der Waals surface area contributed by atoms with Crippen LogP contribution in [0.4, 0.5) is 5.69 Å². The third-order valence-electron chi connectivity index (χ3n) is 3.33. The smallest absolute Gasteiger partial charge is 0.262 e. The number of aryl methyl sites for hydroxylation is 2. The molecular weight excluding hydrogens is 280 g/mol. The molecule has 0 unspecified atom stereocenters. The minimum atomic E-state index is -0.213. The van der Waals surface area contributed by atoms with E-state index >= 15 is 0 Å². The molecule has 5 nitrogen and oxygen atoms in total. The molecule has 5 heteroatoms. The maximum atomic E-state index is 12.0. The lowest BCUT2D eigenvalue weighted by atomic mass is 10.1. The fraction of sp³-hybridized carbons (Fsp3) is 0.294. The number of benzene rings is 1. The molecule has 1 heterocycles. The Labute approximate surface area is 130 Å². The van der Waals surface area contributed by atoms with Crippen molar-refractivity contribution in [2.24, 2.45) is 0 Å². The number of nitrogens with zero attached hydrogens (tertiary/aromatic N) is 1. The number of aliphatic hydroxyl groups is 1. The van der Waals surface area contributed by atoms with Gasteiger partial charge in [0.15, 0.2) is 6.61 Å². The lowest BCUT2D eigenvalue weighted by Crippen LogP contribution is -2.21. The molecule has 2 N–H and O–H groups in total. The first-order valence-corrected chi connectivity index (χ1v) is 7.21. The number of rotatable bonds is 6. The molecule has 0 aliphatic rings. The molecule has 2 rings (SSSR count). The van der Waals surface area contributed by atoms with Crippen LogP contribution < -0.4 is 10.1 Å². The van der Waals surface area contributed by atoms with Crippen LogP contribution in [0.2, 0.25) is 0 Å². The van der Waals surface area contributed by atoms with Crippen LogP contribution in [0.5, 0.6) is 5.75 Å². The van der Waals surface area contributed by atoms with Crippen molar-refractivity contribution in [3.8, 4) is 5.75 Å². The Morgan fingerprint density at radius 1 is 1.32 bits per heavy atom. The Balaban J connectivity index is 1.95. The Hall–Kier alpha value is -2.40. The summed E-state index contributed by atoms with van der Waals surface area (Å²) < 4.78 is 5.40. The van der Waals surface area contributed by atoms with Crippen molar-refractivity contribution in [3.63, 3.8) is 0 Å². The van der Waals surface area contributed by atoms with Gasteiger partial charge in [0.1, 0.15) is 5.75 Å². The lowest BCUT2D eigenvalue weighted by Gasteiger charge is -2.13. The Morgan fingerprint density at radius 3 is 2.77 bits per heavy atom. The molecule has 0 aliphatic carbocycles. The van der Waals surface area contributed by atoms with Gasteiger partial charge in [-0.25, -0.2) is 0 Å². The quantitative estimate of drug-likeness (QED) is 0.859. The minimum absolute atomic E-state index is 0.0857. The monoisotopic (exact) mass is 300 g/mol. The second-order valence-electron chi connectivity index (χ2n) is 4.94. The summed E-state index contributed by atoms with van der Waals surface area (Å²) in [5.74, 6) is 0.281. The van der Waals surface area contributed by atoms with Gasteiger partial charge < -0.3 is 15.2 Å². The number of ether oxygens (including phenoxy) is 1. The summed E-state index contributed by atoms with van der Waals surface area (Å²) in [5, 5.41) is 11.8. The third kappa shape index (κ3) is 4.05. The van der Waals surface area contributed by atoms with E-state index in [4.69, 9.17) is 9.84 Å². The largest absolute Gasteiger partial charge is 0.482 e. The van der Waals surface area contributed by atoms with Crippen LogP contribution in [-0.4, -0.2) is 22.6 Å². The van der Waals surface area contributed by atoms with Crippen LogP contribution in [0.3, 0.4) is 0 Å². The van der Waals surface area contributed by atoms with Gasteiger partial charge in [-0.3, -0.25) is 9.78 Å². The standard InChI is InChI=1S/C17H20N2O3/c1-3-13-6-4-5-12(2)17(13)19-16(21)11-22-15-8-7-14(10-20)18-9-15/h4-9,20H,3,10-11H2,1-2H3,(H,19,21). The van der Waals surface area contributed by atoms with Crippen molar-refractivity contribution in [1.82, 2.24) is 4.98 Å². The van der Waals surface area contributed by atoms with Gasteiger partial charge in [0, 0.05) is 5.69 Å². The van der Waals surface area contributed by atoms with E-state index in [-0.39, 0.29) is 19.1 Å². The molecule has 1 amide bonds. The molecular formula is C17H20N2O3. The molecule has 116 valence electrons. The molecule has 0 spiro atoms. The molecule has 0 atom stereocenters. The Bertz CT molecular complexity index is 639. The third-order valence-corrected chi connectivity index (χ3v) is 3.33. The highest BCUT2D eigenvalue weighted by atomic mass is 16.5. The van der Waals surface area contributed by atoms with Crippen LogP contribution >= 0.6 is 0 Å². The molecule has 0 radical (unpaired) electrons. The van der Waals surface area contributed by atoms with Crippen LogP contribution in [0, 0.1) is 6.92 Å². The average Bonchev–Trinajstić information content (AvgIpc) is 2.55. The van der Waals surface area contributed by atoms with Crippen LogP contribution in [0.25, 0.3) is 0 Å². The highest BCUT2D eigenvalue weighted by molar-refractivity contribution is 5.93. The first kappa shape index (κ1) is 16.0. The fourth-order valence-electron chi connectivity index (χ4n) is 2.12. The summed E-state index contributed by atoms with van der Waals surface area (Å²) in [5.41, 5.74) is 3.54. The minimum Gasteiger partial charge on any atom is -0.482 e. The molecule has 22 heavy (non-hydrogen) atoms. The van der Waals surface area contributed by atoms with E-state index in [9.17, 15) is 4.79 Å². The molecule has 1 aromatic heterocycles. The average molecular weight is 300 g/mol.